The van der Waals surface area contributed by atoms with Gasteiger partial charge in [-0.05, 0) is 12.1 Å². The van der Waals surface area contributed by atoms with E-state index in [2.05, 4.69) is 10.3 Å². The Morgan fingerprint density at radius 3 is 3.00 bits per heavy atom. The van der Waals surface area contributed by atoms with Crippen LogP contribution in [0.4, 0.5) is 9.18 Å². The number of urea groups is 1. The number of nitrogens with one attached hydrogen (secondary N) is 1. The lowest BCUT2D eigenvalue weighted by Gasteiger charge is -2.11. The van der Waals surface area contributed by atoms with E-state index in [1.807, 2.05) is 0 Å². The van der Waals surface area contributed by atoms with Crippen LogP contribution in [0.25, 0.3) is 0 Å². The van der Waals surface area contributed by atoms with Crippen molar-refractivity contribution in [3.63, 3.8) is 0 Å². The molecule has 0 bridgehead atoms. The highest BCUT2D eigenvalue weighted by molar-refractivity contribution is 6.05. The Kier molecular flexibility index (Phi) is 2.32. The first kappa shape index (κ1) is 9.57. The second kappa shape index (κ2) is 3.64. The van der Waals surface area contributed by atoms with Crippen LogP contribution >= 0.6 is 0 Å². The fraction of sp³-hybridized carbons (Fsp3) is 0.222. The molecule has 1 aromatic heterocycles. The maximum absolute atomic E-state index is 13.1. The molecule has 5 nitrogen and oxygen atoms in total. The van der Waals surface area contributed by atoms with Gasteiger partial charge in [-0.25, -0.2) is 9.78 Å². The highest BCUT2D eigenvalue weighted by Crippen LogP contribution is 2.09. The van der Waals surface area contributed by atoms with E-state index in [9.17, 15) is 14.0 Å². The van der Waals surface area contributed by atoms with E-state index in [4.69, 9.17) is 0 Å². The Bertz CT molecular complexity index is 422. The summed E-state index contributed by atoms with van der Waals surface area (Å²) in [5.74, 6) is -1.52. The van der Waals surface area contributed by atoms with E-state index in [1.54, 1.807) is 0 Å². The standard InChI is InChI=1S/C9H8FN3O2/c10-7-6(2-1-3-11-7)8(14)13-5-4-12-9(13)15/h1-3H,4-5H2,(H,12,15). The zero-order valence-electron chi connectivity index (χ0n) is 7.74. The Labute approximate surface area is 84.9 Å². The Morgan fingerprint density at radius 1 is 1.60 bits per heavy atom. The molecule has 1 aromatic rings. The number of halogens is 1. The van der Waals surface area contributed by atoms with E-state index in [-0.39, 0.29) is 12.1 Å². The molecule has 0 spiro atoms. The van der Waals surface area contributed by atoms with Gasteiger partial charge in [0.1, 0.15) is 0 Å². The molecule has 0 aliphatic carbocycles. The quantitative estimate of drug-likeness (QED) is 0.680. The number of pyridine rings is 1. The molecule has 1 saturated heterocycles. The zero-order chi connectivity index (χ0) is 10.8. The predicted molar refractivity (Wildman–Crippen MR) is 48.6 cm³/mol. The summed E-state index contributed by atoms with van der Waals surface area (Å²) in [4.78, 5) is 27.1. The highest BCUT2D eigenvalue weighted by Gasteiger charge is 2.28. The van der Waals surface area contributed by atoms with Crippen LogP contribution < -0.4 is 5.32 Å². The average Bonchev–Trinajstić information content (AvgIpc) is 2.64. The van der Waals surface area contributed by atoms with Crippen LogP contribution in [0, 0.1) is 5.95 Å². The van der Waals surface area contributed by atoms with Gasteiger partial charge in [0.2, 0.25) is 5.95 Å². The summed E-state index contributed by atoms with van der Waals surface area (Å²) in [5.41, 5.74) is -0.186. The molecule has 0 saturated carbocycles. The van der Waals surface area contributed by atoms with E-state index in [1.165, 1.54) is 18.3 Å². The van der Waals surface area contributed by atoms with Crippen molar-refractivity contribution >= 4 is 11.9 Å². The van der Waals surface area contributed by atoms with E-state index in [0.717, 1.165) is 4.90 Å². The first-order valence-electron chi connectivity index (χ1n) is 4.40. The molecule has 2 heterocycles. The van der Waals surface area contributed by atoms with Gasteiger partial charge < -0.3 is 5.32 Å². The number of amides is 3. The normalized spacial score (nSPS) is 15.3. The summed E-state index contributed by atoms with van der Waals surface area (Å²) in [6, 6.07) is 2.25. The summed E-state index contributed by atoms with van der Waals surface area (Å²) in [5, 5.41) is 2.46. The first-order valence-corrected chi connectivity index (χ1v) is 4.40. The van der Waals surface area contributed by atoms with Crippen molar-refractivity contribution in [1.82, 2.24) is 15.2 Å². The summed E-state index contributed by atoms with van der Waals surface area (Å²) in [7, 11) is 0. The number of rotatable bonds is 1. The molecular weight excluding hydrogens is 201 g/mol. The molecule has 1 N–H and O–H groups in total. The summed E-state index contributed by atoms with van der Waals surface area (Å²) in [6.45, 7) is 0.651. The van der Waals surface area contributed by atoms with Crippen LogP contribution in [0.15, 0.2) is 18.3 Å². The molecule has 0 unspecified atom stereocenters. The molecule has 1 aliphatic rings. The Morgan fingerprint density at radius 2 is 2.40 bits per heavy atom. The molecule has 1 fully saturated rings. The van der Waals surface area contributed by atoms with Gasteiger partial charge in [-0.2, -0.15) is 4.39 Å². The second-order valence-electron chi connectivity index (χ2n) is 3.03. The van der Waals surface area contributed by atoms with Gasteiger partial charge in [-0.15, -0.1) is 0 Å². The fourth-order valence-electron chi connectivity index (χ4n) is 1.36. The lowest BCUT2D eigenvalue weighted by Crippen LogP contribution is -2.34. The molecular formula is C9H8FN3O2. The van der Waals surface area contributed by atoms with Crippen molar-refractivity contribution in [1.29, 1.82) is 0 Å². The zero-order valence-corrected chi connectivity index (χ0v) is 7.74. The largest absolute Gasteiger partial charge is 0.336 e. The van der Waals surface area contributed by atoms with Crippen LogP contribution in [0.3, 0.4) is 0 Å². The molecule has 0 aromatic carbocycles. The highest BCUT2D eigenvalue weighted by atomic mass is 19.1. The minimum absolute atomic E-state index is 0.186. The second-order valence-corrected chi connectivity index (χ2v) is 3.03. The average molecular weight is 209 g/mol. The van der Waals surface area contributed by atoms with Gasteiger partial charge >= 0.3 is 6.03 Å². The minimum atomic E-state index is -0.859. The molecule has 6 heteroatoms. The van der Waals surface area contributed by atoms with Gasteiger partial charge in [0.25, 0.3) is 5.91 Å². The third-order valence-electron chi connectivity index (χ3n) is 2.09. The first-order chi connectivity index (χ1) is 7.20. The number of hydrogen-bond acceptors (Lipinski definition) is 3. The van der Waals surface area contributed by atoms with Gasteiger partial charge in [-0.1, -0.05) is 0 Å². The number of carbonyl (C=O) groups excluding carboxylic acids is 2. The molecule has 3 amide bonds. The van der Waals surface area contributed by atoms with Crippen molar-refractivity contribution in [3.8, 4) is 0 Å². The summed E-state index contributed by atoms with van der Waals surface area (Å²) in [6.07, 6.45) is 1.25. The number of carbonyl (C=O) groups is 2. The van der Waals surface area contributed by atoms with Crippen LogP contribution in [0.5, 0.6) is 0 Å². The third kappa shape index (κ3) is 1.65. The van der Waals surface area contributed by atoms with Crippen molar-refractivity contribution < 1.29 is 14.0 Å². The van der Waals surface area contributed by atoms with Crippen molar-refractivity contribution in [2.75, 3.05) is 13.1 Å². The molecule has 78 valence electrons. The minimum Gasteiger partial charge on any atom is -0.336 e. The maximum atomic E-state index is 13.1. The molecule has 15 heavy (non-hydrogen) atoms. The molecule has 1 aliphatic heterocycles. The van der Waals surface area contributed by atoms with Gasteiger partial charge in [0.05, 0.1) is 5.56 Å². The molecule has 0 radical (unpaired) electrons. The monoisotopic (exact) mass is 209 g/mol. The summed E-state index contributed by atoms with van der Waals surface area (Å²) < 4.78 is 13.1. The predicted octanol–water partition coefficient (Wildman–Crippen LogP) is 0.386. The van der Waals surface area contributed by atoms with Gasteiger partial charge in [-0.3, -0.25) is 9.69 Å². The van der Waals surface area contributed by atoms with Crippen LogP contribution in [0.1, 0.15) is 10.4 Å². The number of aromatic nitrogens is 1. The van der Waals surface area contributed by atoms with Crippen molar-refractivity contribution in [3.05, 3.63) is 29.8 Å². The topological polar surface area (TPSA) is 62.3 Å². The van der Waals surface area contributed by atoms with Crippen LogP contribution in [0.2, 0.25) is 0 Å². The fourth-order valence-corrected chi connectivity index (χ4v) is 1.36. The molecule has 2 rings (SSSR count). The molecule has 0 atom stereocenters. The lowest BCUT2D eigenvalue weighted by molar-refractivity contribution is 0.0824. The van der Waals surface area contributed by atoms with Gasteiger partial charge in [0.15, 0.2) is 0 Å². The number of imide groups is 1. The van der Waals surface area contributed by atoms with Crippen molar-refractivity contribution in [2.45, 2.75) is 0 Å². The van der Waals surface area contributed by atoms with E-state index >= 15 is 0 Å². The summed E-state index contributed by atoms with van der Waals surface area (Å²) >= 11 is 0. The van der Waals surface area contributed by atoms with Crippen LogP contribution in [-0.4, -0.2) is 34.9 Å². The Hall–Kier alpha value is -1.98. The van der Waals surface area contributed by atoms with E-state index < -0.39 is 17.9 Å². The third-order valence-corrected chi connectivity index (χ3v) is 2.09. The smallest absolute Gasteiger partial charge is 0.324 e. The Balaban J connectivity index is 2.28. The number of nitrogens with zero attached hydrogens (tertiary/aromatic N) is 2. The SMILES string of the molecule is O=C1NCCN1C(=O)c1cccnc1F. The van der Waals surface area contributed by atoms with Crippen LogP contribution in [-0.2, 0) is 0 Å². The lowest BCUT2D eigenvalue weighted by atomic mass is 10.2. The van der Waals surface area contributed by atoms with E-state index in [0.29, 0.717) is 6.54 Å². The van der Waals surface area contributed by atoms with Crippen molar-refractivity contribution in [2.24, 2.45) is 0 Å². The number of hydrogen-bond donors (Lipinski definition) is 1. The van der Waals surface area contributed by atoms with Gasteiger partial charge in [0, 0.05) is 19.3 Å². The maximum Gasteiger partial charge on any atom is 0.324 e.